The molecule has 0 aromatic heterocycles. The summed E-state index contributed by atoms with van der Waals surface area (Å²) >= 11 is 0. The minimum absolute atomic E-state index is 0.0639. The molecule has 0 aliphatic carbocycles. The monoisotopic (exact) mass is 199 g/mol. The zero-order valence-corrected chi connectivity index (χ0v) is 8.15. The lowest BCUT2D eigenvalue weighted by atomic mass is 9.74. The van der Waals surface area contributed by atoms with E-state index in [9.17, 15) is 9.59 Å². The normalized spacial score (nSPS) is 12.9. The van der Waals surface area contributed by atoms with Gasteiger partial charge in [-0.1, -0.05) is 13.3 Å². The zero-order valence-electron chi connectivity index (χ0n) is 8.15. The van der Waals surface area contributed by atoms with E-state index >= 15 is 0 Å². The van der Waals surface area contributed by atoms with Crippen LogP contribution in [0.5, 0.6) is 0 Å². The summed E-state index contributed by atoms with van der Waals surface area (Å²) in [5.74, 6) is -3.46. The van der Waals surface area contributed by atoms with Crippen LogP contribution in [0.4, 0.5) is 0 Å². The second-order valence-corrected chi connectivity index (χ2v) is 3.28. The van der Waals surface area contributed by atoms with Crippen LogP contribution in [-0.4, -0.2) is 22.2 Å². The first-order chi connectivity index (χ1) is 6.41. The Morgan fingerprint density at radius 3 is 2.07 bits per heavy atom. The van der Waals surface area contributed by atoms with Gasteiger partial charge >= 0.3 is 11.9 Å². The van der Waals surface area contributed by atoms with Crippen molar-refractivity contribution < 1.29 is 19.8 Å². The Balaban J connectivity index is 5.08. The van der Waals surface area contributed by atoms with Crippen molar-refractivity contribution in [1.29, 1.82) is 5.26 Å². The molecule has 0 saturated heterocycles. The highest BCUT2D eigenvalue weighted by atomic mass is 16.4. The van der Waals surface area contributed by atoms with Gasteiger partial charge in [-0.2, -0.15) is 5.26 Å². The van der Waals surface area contributed by atoms with Crippen molar-refractivity contribution in [2.24, 2.45) is 11.3 Å². The average molecular weight is 199 g/mol. The number of hydrogen-bond donors (Lipinski definition) is 2. The fourth-order valence-corrected chi connectivity index (χ4v) is 1.31. The van der Waals surface area contributed by atoms with Crippen LogP contribution in [-0.2, 0) is 9.59 Å². The molecule has 14 heavy (non-hydrogen) atoms. The highest BCUT2D eigenvalue weighted by Gasteiger charge is 2.47. The second-order valence-electron chi connectivity index (χ2n) is 3.28. The third-order valence-corrected chi connectivity index (χ3v) is 2.54. The van der Waals surface area contributed by atoms with E-state index in [1.54, 1.807) is 6.92 Å². The molecule has 0 radical (unpaired) electrons. The van der Waals surface area contributed by atoms with Gasteiger partial charge in [-0.25, -0.2) is 0 Å². The third kappa shape index (κ3) is 2.02. The van der Waals surface area contributed by atoms with Crippen LogP contribution in [0, 0.1) is 22.7 Å². The molecule has 0 bridgehead atoms. The van der Waals surface area contributed by atoms with E-state index in [1.165, 1.54) is 0 Å². The molecule has 0 rings (SSSR count). The number of nitriles is 1. The topological polar surface area (TPSA) is 98.4 Å². The van der Waals surface area contributed by atoms with Crippen molar-refractivity contribution in [2.75, 3.05) is 0 Å². The summed E-state index contributed by atoms with van der Waals surface area (Å²) in [5, 5.41) is 26.1. The van der Waals surface area contributed by atoms with Gasteiger partial charge in [-0.05, 0) is 12.8 Å². The Morgan fingerprint density at radius 1 is 1.43 bits per heavy atom. The van der Waals surface area contributed by atoms with E-state index in [2.05, 4.69) is 0 Å². The lowest BCUT2D eigenvalue weighted by Gasteiger charge is -2.27. The molecule has 0 aromatic rings. The average Bonchev–Trinajstić information content (AvgIpc) is 2.12. The van der Waals surface area contributed by atoms with Crippen molar-refractivity contribution in [3.63, 3.8) is 0 Å². The molecular weight excluding hydrogens is 186 g/mol. The molecule has 0 aliphatic heterocycles. The Kier molecular flexibility index (Phi) is 4.09. The van der Waals surface area contributed by atoms with E-state index < -0.39 is 23.3 Å². The summed E-state index contributed by atoms with van der Waals surface area (Å²) in [6, 6.07) is 1.81. The summed E-state index contributed by atoms with van der Waals surface area (Å²) in [6.07, 6.45) is 0.286. The summed E-state index contributed by atoms with van der Waals surface area (Å²) in [6.45, 7) is 2.81. The van der Waals surface area contributed by atoms with Crippen LogP contribution in [0.3, 0.4) is 0 Å². The lowest BCUT2D eigenvalue weighted by Crippen LogP contribution is -2.42. The number of aliphatic carboxylic acids is 2. The number of hydrogen-bond acceptors (Lipinski definition) is 3. The zero-order chi connectivity index (χ0) is 11.4. The molecule has 1 atom stereocenters. The van der Waals surface area contributed by atoms with E-state index in [4.69, 9.17) is 15.5 Å². The first-order valence-electron chi connectivity index (χ1n) is 4.24. The minimum atomic E-state index is -1.87. The van der Waals surface area contributed by atoms with Gasteiger partial charge in [0.2, 0.25) is 0 Å². The largest absolute Gasteiger partial charge is 0.480 e. The standard InChI is InChI=1S/C9H13NO4/c1-3-6(4-5-10)9(2,7(11)12)8(13)14/h6H,3-4H2,1-2H3,(H,11,12)(H,13,14)/t6-/m1/s1. The van der Waals surface area contributed by atoms with Crippen LogP contribution in [0.2, 0.25) is 0 Å². The molecular formula is C9H13NO4. The fourth-order valence-electron chi connectivity index (χ4n) is 1.31. The Labute approximate surface area is 82.0 Å². The van der Waals surface area contributed by atoms with E-state index in [1.807, 2.05) is 6.07 Å². The Bertz CT molecular complexity index is 265. The number of rotatable bonds is 5. The third-order valence-electron chi connectivity index (χ3n) is 2.54. The maximum atomic E-state index is 10.8. The molecule has 2 N–H and O–H groups in total. The highest BCUT2D eigenvalue weighted by molar-refractivity contribution is 5.98. The van der Waals surface area contributed by atoms with Gasteiger partial charge in [0.15, 0.2) is 5.41 Å². The SMILES string of the molecule is CC[C@H](CC#N)C(C)(C(=O)O)C(=O)O. The maximum Gasteiger partial charge on any atom is 0.321 e. The molecule has 0 fully saturated rings. The second kappa shape index (κ2) is 4.61. The molecule has 0 amide bonds. The molecule has 5 nitrogen and oxygen atoms in total. The summed E-state index contributed by atoms with van der Waals surface area (Å²) in [5.41, 5.74) is -1.87. The van der Waals surface area contributed by atoms with Crippen molar-refractivity contribution >= 4 is 11.9 Å². The predicted molar refractivity (Wildman–Crippen MR) is 47.4 cm³/mol. The Hall–Kier alpha value is -1.57. The van der Waals surface area contributed by atoms with Gasteiger partial charge in [0.1, 0.15) is 0 Å². The van der Waals surface area contributed by atoms with Gasteiger partial charge in [-0.3, -0.25) is 9.59 Å². The van der Waals surface area contributed by atoms with Gasteiger partial charge in [-0.15, -0.1) is 0 Å². The highest BCUT2D eigenvalue weighted by Crippen LogP contribution is 2.33. The van der Waals surface area contributed by atoms with Gasteiger partial charge in [0.25, 0.3) is 0 Å². The number of carboxylic acids is 2. The van der Waals surface area contributed by atoms with Gasteiger partial charge < -0.3 is 10.2 Å². The molecule has 5 heteroatoms. The van der Waals surface area contributed by atoms with E-state index in [0.29, 0.717) is 6.42 Å². The molecule has 0 aromatic carbocycles. The van der Waals surface area contributed by atoms with Crippen LogP contribution < -0.4 is 0 Å². The lowest BCUT2D eigenvalue weighted by molar-refractivity contribution is -0.167. The first-order valence-corrected chi connectivity index (χ1v) is 4.24. The van der Waals surface area contributed by atoms with Gasteiger partial charge in [0.05, 0.1) is 6.07 Å². The van der Waals surface area contributed by atoms with Crippen molar-refractivity contribution in [2.45, 2.75) is 26.7 Å². The molecule has 0 saturated carbocycles. The van der Waals surface area contributed by atoms with Crippen molar-refractivity contribution in [3.05, 3.63) is 0 Å². The molecule has 0 spiro atoms. The number of carbonyl (C=O) groups is 2. The Morgan fingerprint density at radius 2 is 1.86 bits per heavy atom. The van der Waals surface area contributed by atoms with E-state index in [0.717, 1.165) is 6.92 Å². The number of carboxylic acid groups (broad SMARTS) is 2. The van der Waals surface area contributed by atoms with Crippen molar-refractivity contribution in [1.82, 2.24) is 0 Å². The van der Waals surface area contributed by atoms with Crippen LogP contribution in [0.25, 0.3) is 0 Å². The fraction of sp³-hybridized carbons (Fsp3) is 0.667. The molecule has 0 aliphatic rings. The van der Waals surface area contributed by atoms with E-state index in [-0.39, 0.29) is 6.42 Å². The number of nitrogens with zero attached hydrogens (tertiary/aromatic N) is 1. The summed E-state index contributed by atoms with van der Waals surface area (Å²) in [7, 11) is 0. The quantitative estimate of drug-likeness (QED) is 0.646. The first kappa shape index (κ1) is 12.4. The van der Waals surface area contributed by atoms with Crippen LogP contribution in [0.15, 0.2) is 0 Å². The summed E-state index contributed by atoms with van der Waals surface area (Å²) in [4.78, 5) is 21.7. The maximum absolute atomic E-state index is 10.8. The van der Waals surface area contributed by atoms with Crippen molar-refractivity contribution in [3.8, 4) is 6.07 Å². The van der Waals surface area contributed by atoms with Crippen LogP contribution in [0.1, 0.15) is 26.7 Å². The summed E-state index contributed by atoms with van der Waals surface area (Å²) < 4.78 is 0. The minimum Gasteiger partial charge on any atom is -0.480 e. The van der Waals surface area contributed by atoms with Crippen LogP contribution >= 0.6 is 0 Å². The van der Waals surface area contributed by atoms with Gasteiger partial charge in [0, 0.05) is 6.42 Å². The predicted octanol–water partition coefficient (Wildman–Crippen LogP) is 1.10. The molecule has 78 valence electrons. The smallest absolute Gasteiger partial charge is 0.321 e. The molecule has 0 unspecified atom stereocenters. The molecule has 0 heterocycles.